The van der Waals surface area contributed by atoms with Gasteiger partial charge in [-0.25, -0.2) is 4.68 Å². The van der Waals surface area contributed by atoms with Crippen LogP contribution in [0.1, 0.15) is 10.5 Å². The van der Waals surface area contributed by atoms with Crippen molar-refractivity contribution in [2.75, 3.05) is 12.8 Å². The van der Waals surface area contributed by atoms with E-state index in [0.29, 0.717) is 11.7 Å². The van der Waals surface area contributed by atoms with E-state index in [2.05, 4.69) is 15.1 Å². The molecule has 0 aromatic carbocycles. The average Bonchev–Trinajstić information content (AvgIpc) is 2.77. The van der Waals surface area contributed by atoms with Crippen LogP contribution >= 0.6 is 0 Å². The Hall–Kier alpha value is -2.64. The standard InChI is InChI=1S/C9H10N6O2/c1-17-7-4-6(12-9(11)13-7)15-3-2-5(14-15)8(10)16/h2-4H,1H3,(H2,10,16)(H2,11,12,13). The van der Waals surface area contributed by atoms with Crippen molar-refractivity contribution in [3.05, 3.63) is 24.0 Å². The molecule has 0 radical (unpaired) electrons. The number of nitrogens with two attached hydrogens (primary N) is 2. The second kappa shape index (κ2) is 4.08. The maximum absolute atomic E-state index is 10.9. The number of nitrogen functional groups attached to an aromatic ring is 1. The molecule has 0 saturated heterocycles. The first-order valence-corrected chi connectivity index (χ1v) is 4.64. The third-order valence-corrected chi connectivity index (χ3v) is 1.99. The van der Waals surface area contributed by atoms with Crippen molar-refractivity contribution in [2.24, 2.45) is 5.73 Å². The fourth-order valence-electron chi connectivity index (χ4n) is 1.24. The number of hydrogen-bond donors (Lipinski definition) is 2. The smallest absolute Gasteiger partial charge is 0.269 e. The van der Waals surface area contributed by atoms with E-state index in [4.69, 9.17) is 16.2 Å². The Kier molecular flexibility index (Phi) is 2.61. The molecule has 2 aromatic rings. The minimum atomic E-state index is -0.613. The number of aromatic nitrogens is 4. The number of carbonyl (C=O) groups is 1. The highest BCUT2D eigenvalue weighted by Crippen LogP contribution is 2.13. The number of hydrogen-bond acceptors (Lipinski definition) is 6. The number of amides is 1. The molecule has 0 saturated carbocycles. The Balaban J connectivity index is 2.44. The van der Waals surface area contributed by atoms with E-state index in [1.165, 1.54) is 23.9 Å². The molecule has 0 fully saturated rings. The highest BCUT2D eigenvalue weighted by atomic mass is 16.5. The molecule has 0 aliphatic carbocycles. The van der Waals surface area contributed by atoms with Crippen molar-refractivity contribution in [2.45, 2.75) is 0 Å². The first-order valence-electron chi connectivity index (χ1n) is 4.64. The fourth-order valence-corrected chi connectivity index (χ4v) is 1.24. The second-order valence-corrected chi connectivity index (χ2v) is 3.14. The van der Waals surface area contributed by atoms with Gasteiger partial charge in [0, 0.05) is 12.3 Å². The summed E-state index contributed by atoms with van der Waals surface area (Å²) in [6, 6.07) is 3.02. The molecule has 17 heavy (non-hydrogen) atoms. The highest BCUT2D eigenvalue weighted by molar-refractivity contribution is 5.90. The number of primary amides is 1. The van der Waals surface area contributed by atoms with Gasteiger partial charge in [0.05, 0.1) is 7.11 Å². The molecule has 0 atom stereocenters. The number of ether oxygens (including phenoxy) is 1. The Bertz CT molecular complexity index is 564. The lowest BCUT2D eigenvalue weighted by Crippen LogP contribution is -2.12. The minimum Gasteiger partial charge on any atom is -0.481 e. The van der Waals surface area contributed by atoms with Crippen LogP contribution in [0.2, 0.25) is 0 Å². The van der Waals surface area contributed by atoms with Crippen molar-refractivity contribution in [3.63, 3.8) is 0 Å². The summed E-state index contributed by atoms with van der Waals surface area (Å²) < 4.78 is 6.31. The molecule has 0 unspecified atom stereocenters. The van der Waals surface area contributed by atoms with Crippen LogP contribution in [0.15, 0.2) is 18.3 Å². The summed E-state index contributed by atoms with van der Waals surface area (Å²) in [6.07, 6.45) is 1.54. The third-order valence-electron chi connectivity index (χ3n) is 1.99. The van der Waals surface area contributed by atoms with Gasteiger partial charge in [-0.2, -0.15) is 15.1 Å². The van der Waals surface area contributed by atoms with Crippen molar-refractivity contribution < 1.29 is 9.53 Å². The van der Waals surface area contributed by atoms with Gasteiger partial charge in [0.25, 0.3) is 5.91 Å². The van der Waals surface area contributed by atoms with Gasteiger partial charge in [0.1, 0.15) is 5.69 Å². The van der Waals surface area contributed by atoms with Crippen molar-refractivity contribution in [3.8, 4) is 11.7 Å². The molecule has 0 bridgehead atoms. The van der Waals surface area contributed by atoms with Gasteiger partial charge in [-0.1, -0.05) is 0 Å². The van der Waals surface area contributed by atoms with E-state index in [0.717, 1.165) is 0 Å². The van der Waals surface area contributed by atoms with Crippen LogP contribution in [0.5, 0.6) is 5.88 Å². The summed E-state index contributed by atoms with van der Waals surface area (Å²) in [5.41, 5.74) is 10.7. The Morgan fingerprint density at radius 3 is 2.82 bits per heavy atom. The molecular weight excluding hydrogens is 224 g/mol. The minimum absolute atomic E-state index is 0.0514. The summed E-state index contributed by atoms with van der Waals surface area (Å²) in [7, 11) is 1.46. The number of anilines is 1. The lowest BCUT2D eigenvalue weighted by Gasteiger charge is -2.04. The van der Waals surface area contributed by atoms with Crippen molar-refractivity contribution in [1.82, 2.24) is 19.7 Å². The van der Waals surface area contributed by atoms with E-state index in [1.54, 1.807) is 6.20 Å². The first-order chi connectivity index (χ1) is 8.10. The van der Waals surface area contributed by atoms with Crippen molar-refractivity contribution in [1.29, 1.82) is 0 Å². The van der Waals surface area contributed by atoms with Crippen LogP contribution in [0.4, 0.5) is 5.95 Å². The van der Waals surface area contributed by atoms with E-state index in [9.17, 15) is 4.79 Å². The number of methoxy groups -OCH3 is 1. The molecule has 0 spiro atoms. The average molecular weight is 234 g/mol. The predicted molar refractivity (Wildman–Crippen MR) is 58.6 cm³/mol. The van der Waals surface area contributed by atoms with E-state index in [1.807, 2.05) is 0 Å². The first kappa shape index (κ1) is 10.9. The predicted octanol–water partition coefficient (Wildman–Crippen LogP) is -0.648. The molecule has 2 rings (SSSR count). The zero-order valence-corrected chi connectivity index (χ0v) is 8.99. The molecule has 1 amide bonds. The quantitative estimate of drug-likeness (QED) is 0.727. The highest BCUT2D eigenvalue weighted by Gasteiger charge is 2.09. The third kappa shape index (κ3) is 2.14. The van der Waals surface area contributed by atoms with Crippen LogP contribution in [-0.4, -0.2) is 32.8 Å². The maximum Gasteiger partial charge on any atom is 0.269 e. The van der Waals surface area contributed by atoms with Gasteiger partial charge in [0.15, 0.2) is 5.82 Å². The summed E-state index contributed by atoms with van der Waals surface area (Å²) in [6.45, 7) is 0. The number of rotatable bonds is 3. The summed E-state index contributed by atoms with van der Waals surface area (Å²) >= 11 is 0. The molecule has 88 valence electrons. The maximum atomic E-state index is 10.9. The summed E-state index contributed by atoms with van der Waals surface area (Å²) in [5, 5.41) is 3.94. The van der Waals surface area contributed by atoms with Gasteiger partial charge in [-0.3, -0.25) is 4.79 Å². The van der Waals surface area contributed by atoms with Gasteiger partial charge < -0.3 is 16.2 Å². The largest absolute Gasteiger partial charge is 0.481 e. The van der Waals surface area contributed by atoms with Gasteiger partial charge in [0.2, 0.25) is 11.8 Å². The van der Waals surface area contributed by atoms with E-state index < -0.39 is 5.91 Å². The topological polar surface area (TPSA) is 122 Å². The molecule has 8 heteroatoms. The molecule has 0 aliphatic heterocycles. The van der Waals surface area contributed by atoms with Crippen molar-refractivity contribution >= 4 is 11.9 Å². The SMILES string of the molecule is COc1cc(-n2ccc(C(N)=O)n2)nc(N)n1. The molecule has 2 heterocycles. The lowest BCUT2D eigenvalue weighted by atomic mass is 10.4. The van der Waals surface area contributed by atoms with Crippen LogP contribution in [-0.2, 0) is 0 Å². The molecule has 8 nitrogen and oxygen atoms in total. The molecular formula is C9H10N6O2. The van der Waals surface area contributed by atoms with Gasteiger partial charge in [-0.05, 0) is 6.07 Å². The van der Waals surface area contributed by atoms with Gasteiger partial charge >= 0.3 is 0 Å². The van der Waals surface area contributed by atoms with Crippen LogP contribution < -0.4 is 16.2 Å². The van der Waals surface area contributed by atoms with E-state index >= 15 is 0 Å². The number of carbonyl (C=O) groups excluding carboxylic acids is 1. The second-order valence-electron chi connectivity index (χ2n) is 3.14. The molecule has 4 N–H and O–H groups in total. The summed E-state index contributed by atoms with van der Waals surface area (Å²) in [5.74, 6) is 0.138. The van der Waals surface area contributed by atoms with Crippen LogP contribution in [0, 0.1) is 0 Å². The Labute approximate surface area is 96.2 Å². The molecule has 0 aliphatic rings. The number of nitrogens with zero attached hydrogens (tertiary/aromatic N) is 4. The monoisotopic (exact) mass is 234 g/mol. The normalized spacial score (nSPS) is 10.2. The Morgan fingerprint density at radius 2 is 2.24 bits per heavy atom. The fraction of sp³-hybridized carbons (Fsp3) is 0.111. The lowest BCUT2D eigenvalue weighted by molar-refractivity contribution is 0.0995. The zero-order valence-electron chi connectivity index (χ0n) is 8.99. The summed E-state index contributed by atoms with van der Waals surface area (Å²) in [4.78, 5) is 18.7. The zero-order chi connectivity index (χ0) is 12.4. The Morgan fingerprint density at radius 1 is 1.47 bits per heavy atom. The van der Waals surface area contributed by atoms with Crippen LogP contribution in [0.3, 0.4) is 0 Å². The van der Waals surface area contributed by atoms with Gasteiger partial charge in [-0.15, -0.1) is 0 Å². The van der Waals surface area contributed by atoms with E-state index in [-0.39, 0.29) is 11.6 Å². The molecule has 2 aromatic heterocycles. The van der Waals surface area contributed by atoms with Crippen LogP contribution in [0.25, 0.3) is 5.82 Å².